The first kappa shape index (κ1) is 17.4. The Labute approximate surface area is 178 Å². The van der Waals surface area contributed by atoms with E-state index in [-0.39, 0.29) is 0 Å². The molecule has 2 aromatic carbocycles. The van der Waals surface area contributed by atoms with Gasteiger partial charge in [-0.05, 0) is 21.6 Å². The molecule has 0 fully saturated rings. The summed E-state index contributed by atoms with van der Waals surface area (Å²) in [5.41, 5.74) is 5.79. The smallest absolute Gasteiger partial charge is 0.192 e. The van der Waals surface area contributed by atoms with E-state index in [4.69, 9.17) is 0 Å². The monoisotopic (exact) mass is 430 g/mol. The van der Waals surface area contributed by atoms with Crippen molar-refractivity contribution in [2.75, 3.05) is 0 Å². The van der Waals surface area contributed by atoms with E-state index in [0.717, 1.165) is 43.6 Å². The number of aromatic amines is 2. The predicted molar refractivity (Wildman–Crippen MR) is 117 cm³/mol. The zero-order valence-electron chi connectivity index (χ0n) is 15.4. The second-order valence-electron chi connectivity index (χ2n) is 6.58. The highest BCUT2D eigenvalue weighted by Gasteiger charge is 2.21. The van der Waals surface area contributed by atoms with Crippen LogP contribution >= 0.6 is 21.6 Å². The fourth-order valence-electron chi connectivity index (χ4n) is 3.35. The molecule has 2 N–H and O–H groups in total. The minimum Gasteiger partial charge on any atom is -0.289 e. The highest BCUT2D eigenvalue weighted by molar-refractivity contribution is 8.76. The lowest BCUT2D eigenvalue weighted by Crippen LogP contribution is -1.83. The van der Waals surface area contributed by atoms with Crippen LogP contribution in [0.15, 0.2) is 83.1 Å². The van der Waals surface area contributed by atoms with E-state index in [2.05, 4.69) is 54.9 Å². The van der Waals surface area contributed by atoms with Crippen LogP contribution in [-0.4, -0.2) is 39.6 Å². The number of hydrogen-bond acceptors (Lipinski definition) is 6. The summed E-state index contributed by atoms with van der Waals surface area (Å²) in [6.07, 6.45) is 3.36. The largest absolute Gasteiger partial charge is 0.289 e. The van der Waals surface area contributed by atoms with Crippen molar-refractivity contribution in [1.82, 2.24) is 39.6 Å². The van der Waals surface area contributed by atoms with E-state index in [1.165, 1.54) is 0 Å². The standard InChI is InChI=1S/C20H14N8S2/c1-3-7-13(8-4-1)15-17(19-23-21-11-27(19)25-15)29-30-18-16(14-9-5-2-6-10-14)26-28-12-22-24-20(18)28/h1-12,25-26H. The molecular formula is C20H14N8S2. The van der Waals surface area contributed by atoms with Crippen molar-refractivity contribution in [3.05, 3.63) is 73.3 Å². The Morgan fingerprint density at radius 3 is 1.47 bits per heavy atom. The van der Waals surface area contributed by atoms with Crippen LogP contribution in [0.3, 0.4) is 0 Å². The van der Waals surface area contributed by atoms with E-state index in [0.29, 0.717) is 0 Å². The normalized spacial score (nSPS) is 11.6. The molecule has 0 aliphatic carbocycles. The fourth-order valence-corrected chi connectivity index (χ4v) is 5.89. The lowest BCUT2D eigenvalue weighted by Gasteiger charge is -2.04. The summed E-state index contributed by atoms with van der Waals surface area (Å²) in [6, 6.07) is 20.4. The average molecular weight is 431 g/mol. The minimum absolute atomic E-state index is 0.792. The van der Waals surface area contributed by atoms with Crippen molar-refractivity contribution in [2.24, 2.45) is 0 Å². The summed E-state index contributed by atoms with van der Waals surface area (Å²) in [7, 11) is 3.26. The number of aromatic nitrogens is 8. The molecule has 0 aliphatic heterocycles. The second kappa shape index (κ2) is 7.08. The lowest BCUT2D eigenvalue weighted by molar-refractivity contribution is 0.959. The molecule has 4 aromatic heterocycles. The molecule has 0 amide bonds. The van der Waals surface area contributed by atoms with Crippen LogP contribution in [-0.2, 0) is 0 Å². The second-order valence-corrected chi connectivity index (χ2v) is 8.73. The molecular weight excluding hydrogens is 416 g/mol. The van der Waals surface area contributed by atoms with Crippen LogP contribution in [0.25, 0.3) is 33.8 Å². The Bertz CT molecular complexity index is 1330. The lowest BCUT2D eigenvalue weighted by atomic mass is 10.2. The zero-order chi connectivity index (χ0) is 19.9. The van der Waals surface area contributed by atoms with E-state index in [9.17, 15) is 0 Å². The molecule has 0 unspecified atom stereocenters. The summed E-state index contributed by atoms with van der Waals surface area (Å²) in [4.78, 5) is 2.03. The minimum atomic E-state index is 0.792. The van der Waals surface area contributed by atoms with Crippen molar-refractivity contribution < 1.29 is 0 Å². The van der Waals surface area contributed by atoms with Gasteiger partial charge in [0.25, 0.3) is 0 Å². The van der Waals surface area contributed by atoms with Crippen molar-refractivity contribution in [3.63, 3.8) is 0 Å². The van der Waals surface area contributed by atoms with Gasteiger partial charge in [0.15, 0.2) is 11.3 Å². The van der Waals surface area contributed by atoms with Crippen LogP contribution in [0.4, 0.5) is 0 Å². The van der Waals surface area contributed by atoms with Crippen LogP contribution in [0.2, 0.25) is 0 Å². The van der Waals surface area contributed by atoms with Crippen molar-refractivity contribution in [1.29, 1.82) is 0 Å². The first-order chi connectivity index (χ1) is 14.9. The van der Waals surface area contributed by atoms with Crippen molar-refractivity contribution in [3.8, 4) is 22.5 Å². The highest BCUT2D eigenvalue weighted by Crippen LogP contribution is 2.47. The van der Waals surface area contributed by atoms with Crippen LogP contribution in [0.1, 0.15) is 0 Å². The molecule has 146 valence electrons. The SMILES string of the molecule is c1ccc(-c2[nH]n3cnnc3c2SSc2c(-c3ccccc3)[nH]n3cnnc23)cc1. The predicted octanol–water partition coefficient (Wildman–Crippen LogP) is 4.56. The van der Waals surface area contributed by atoms with Crippen LogP contribution in [0.5, 0.6) is 0 Å². The maximum atomic E-state index is 4.30. The Hall–Kier alpha value is -3.50. The Kier molecular flexibility index (Phi) is 4.10. The van der Waals surface area contributed by atoms with Crippen LogP contribution in [0, 0.1) is 0 Å². The third kappa shape index (κ3) is 2.80. The maximum absolute atomic E-state index is 4.30. The molecule has 30 heavy (non-hydrogen) atoms. The number of rotatable bonds is 5. The molecule has 0 bridgehead atoms. The third-order valence-electron chi connectivity index (χ3n) is 4.75. The average Bonchev–Trinajstić information content (AvgIpc) is 3.55. The number of nitrogens with zero attached hydrogens (tertiary/aromatic N) is 6. The highest BCUT2D eigenvalue weighted by atomic mass is 33.1. The van der Waals surface area contributed by atoms with Gasteiger partial charge in [0.2, 0.25) is 0 Å². The van der Waals surface area contributed by atoms with Gasteiger partial charge in [-0.2, -0.15) is 0 Å². The molecule has 6 aromatic rings. The van der Waals surface area contributed by atoms with E-state index in [1.54, 1.807) is 34.2 Å². The first-order valence-corrected chi connectivity index (χ1v) is 11.3. The maximum Gasteiger partial charge on any atom is 0.192 e. The topological polar surface area (TPSA) is 92.0 Å². The van der Waals surface area contributed by atoms with E-state index >= 15 is 0 Å². The van der Waals surface area contributed by atoms with Gasteiger partial charge >= 0.3 is 0 Å². The third-order valence-corrected chi connectivity index (χ3v) is 7.19. The Balaban J connectivity index is 1.44. The van der Waals surface area contributed by atoms with Gasteiger partial charge in [0.1, 0.15) is 12.7 Å². The molecule has 0 saturated carbocycles. The molecule has 8 nitrogen and oxygen atoms in total. The summed E-state index contributed by atoms with van der Waals surface area (Å²) < 4.78 is 3.68. The van der Waals surface area contributed by atoms with Crippen molar-refractivity contribution in [2.45, 2.75) is 9.79 Å². The number of H-pyrrole nitrogens is 2. The Morgan fingerprint density at radius 1 is 0.600 bits per heavy atom. The number of benzene rings is 2. The molecule has 6 rings (SSSR count). The number of hydrogen-bond donors (Lipinski definition) is 2. The van der Waals surface area contributed by atoms with Gasteiger partial charge < -0.3 is 0 Å². The first-order valence-electron chi connectivity index (χ1n) is 9.17. The van der Waals surface area contributed by atoms with Gasteiger partial charge in [-0.1, -0.05) is 60.7 Å². The van der Waals surface area contributed by atoms with Gasteiger partial charge in [0, 0.05) is 11.1 Å². The molecule has 0 saturated heterocycles. The quantitative estimate of drug-likeness (QED) is 0.390. The summed E-state index contributed by atoms with van der Waals surface area (Å²) in [5.74, 6) is 0. The molecule has 4 heterocycles. The van der Waals surface area contributed by atoms with Gasteiger partial charge in [-0.3, -0.25) is 10.2 Å². The van der Waals surface area contributed by atoms with Crippen molar-refractivity contribution >= 4 is 32.9 Å². The molecule has 0 spiro atoms. The van der Waals surface area contributed by atoms with Crippen LogP contribution < -0.4 is 0 Å². The molecule has 0 radical (unpaired) electrons. The Morgan fingerprint density at radius 2 is 1.03 bits per heavy atom. The molecule has 10 heteroatoms. The van der Waals surface area contributed by atoms with E-state index < -0.39 is 0 Å². The van der Waals surface area contributed by atoms with Gasteiger partial charge in [0.05, 0.1) is 21.2 Å². The van der Waals surface area contributed by atoms with E-state index in [1.807, 2.05) is 45.4 Å². The number of nitrogens with one attached hydrogen (secondary N) is 2. The summed E-state index contributed by atoms with van der Waals surface area (Å²) >= 11 is 0. The zero-order valence-corrected chi connectivity index (χ0v) is 17.1. The molecule has 0 atom stereocenters. The summed E-state index contributed by atoms with van der Waals surface area (Å²) in [5, 5.41) is 23.4. The van der Waals surface area contributed by atoms with Gasteiger partial charge in [-0.15, -0.1) is 20.4 Å². The number of fused-ring (bicyclic) bond motifs is 2. The van der Waals surface area contributed by atoms with Gasteiger partial charge in [-0.25, -0.2) is 9.03 Å². The fraction of sp³-hybridized carbons (Fsp3) is 0. The summed E-state index contributed by atoms with van der Waals surface area (Å²) in [6.45, 7) is 0. The molecule has 0 aliphatic rings.